The van der Waals surface area contributed by atoms with E-state index in [0.29, 0.717) is 13.1 Å². The zero-order chi connectivity index (χ0) is 16.7. The zero-order valence-electron chi connectivity index (χ0n) is 14.4. The second-order valence-electron chi connectivity index (χ2n) is 5.14. The molecule has 8 heteroatoms. The third-order valence-electron chi connectivity index (χ3n) is 3.20. The van der Waals surface area contributed by atoms with Crippen LogP contribution in [0.1, 0.15) is 11.3 Å². The Hall–Kier alpha value is -1.55. The number of benzene rings is 1. The topological polar surface area (TPSA) is 61.8 Å². The highest BCUT2D eigenvalue weighted by Crippen LogP contribution is 2.17. The van der Waals surface area contributed by atoms with Gasteiger partial charge in [-0.15, -0.1) is 35.3 Å². The van der Waals surface area contributed by atoms with E-state index in [2.05, 4.69) is 26.0 Å². The van der Waals surface area contributed by atoms with Crippen LogP contribution in [-0.4, -0.2) is 39.2 Å². The largest absolute Gasteiger partial charge is 0.497 e. The molecule has 0 aliphatic heterocycles. The Kier molecular flexibility index (Phi) is 8.83. The molecule has 0 unspecified atom stereocenters. The van der Waals surface area contributed by atoms with Crippen LogP contribution in [-0.2, 0) is 13.1 Å². The molecule has 0 aliphatic rings. The van der Waals surface area contributed by atoms with Gasteiger partial charge >= 0.3 is 0 Å². The molecule has 0 fully saturated rings. The van der Waals surface area contributed by atoms with Crippen molar-refractivity contribution >= 4 is 46.4 Å². The van der Waals surface area contributed by atoms with Crippen molar-refractivity contribution in [3.63, 3.8) is 0 Å². The van der Waals surface area contributed by atoms with E-state index in [1.807, 2.05) is 43.3 Å². The summed E-state index contributed by atoms with van der Waals surface area (Å²) < 4.78 is 5.16. The van der Waals surface area contributed by atoms with Gasteiger partial charge in [-0.2, -0.15) is 0 Å². The van der Waals surface area contributed by atoms with Crippen LogP contribution >= 0.6 is 35.3 Å². The number of thiazole rings is 1. The van der Waals surface area contributed by atoms with Crippen LogP contribution in [0.15, 0.2) is 34.6 Å². The second-order valence-corrected chi connectivity index (χ2v) is 5.98. The van der Waals surface area contributed by atoms with Crippen molar-refractivity contribution in [1.82, 2.24) is 15.6 Å². The summed E-state index contributed by atoms with van der Waals surface area (Å²) in [4.78, 5) is 10.8. The first-order chi connectivity index (χ1) is 11.1. The molecule has 2 aromatic rings. The number of halogens is 1. The van der Waals surface area contributed by atoms with Gasteiger partial charge in [0.25, 0.3) is 0 Å². The summed E-state index contributed by atoms with van der Waals surface area (Å²) in [6, 6.07) is 7.96. The van der Waals surface area contributed by atoms with E-state index in [4.69, 9.17) is 4.74 Å². The van der Waals surface area contributed by atoms with Crippen LogP contribution in [0.2, 0.25) is 0 Å². The molecule has 0 saturated heterocycles. The van der Waals surface area contributed by atoms with Gasteiger partial charge in [0.05, 0.1) is 19.3 Å². The Labute approximate surface area is 164 Å². The quantitative estimate of drug-likeness (QED) is 0.394. The molecule has 0 amide bonds. The van der Waals surface area contributed by atoms with Crippen LogP contribution in [0, 0.1) is 0 Å². The Morgan fingerprint density at radius 3 is 2.42 bits per heavy atom. The third-order valence-corrected chi connectivity index (χ3v) is 4.26. The molecule has 132 valence electrons. The van der Waals surface area contributed by atoms with Crippen LogP contribution in [0.3, 0.4) is 0 Å². The molecule has 0 bridgehead atoms. The molecule has 6 nitrogen and oxygen atoms in total. The Balaban J connectivity index is 0.00000288. The summed E-state index contributed by atoms with van der Waals surface area (Å²) in [7, 11) is 7.41. The molecule has 24 heavy (non-hydrogen) atoms. The minimum Gasteiger partial charge on any atom is -0.497 e. The highest BCUT2D eigenvalue weighted by Gasteiger charge is 2.05. The Morgan fingerprint density at radius 1 is 1.21 bits per heavy atom. The molecule has 0 saturated carbocycles. The van der Waals surface area contributed by atoms with Crippen LogP contribution < -0.4 is 20.3 Å². The zero-order valence-corrected chi connectivity index (χ0v) is 17.5. The SMILES string of the molecule is CN=C(NCc1ccc(OC)cc1)NCc1csc(N(C)C)n1.I. The van der Waals surface area contributed by atoms with E-state index < -0.39 is 0 Å². The second kappa shape index (κ2) is 10.3. The van der Waals surface area contributed by atoms with Crippen LogP contribution in [0.5, 0.6) is 5.75 Å². The predicted molar refractivity (Wildman–Crippen MR) is 112 cm³/mol. The fourth-order valence-electron chi connectivity index (χ4n) is 1.91. The van der Waals surface area contributed by atoms with Crippen molar-refractivity contribution in [2.45, 2.75) is 13.1 Å². The average Bonchev–Trinajstić information content (AvgIpc) is 3.05. The standard InChI is InChI=1S/C16H23N5OS.HI/c1-17-15(18-9-12-5-7-14(22-4)8-6-12)19-10-13-11-23-16(20-13)21(2)3;/h5-8,11H,9-10H2,1-4H3,(H2,17,18,19);1H. The van der Waals surface area contributed by atoms with Gasteiger partial charge in [-0.3, -0.25) is 4.99 Å². The fourth-order valence-corrected chi connectivity index (χ4v) is 2.67. The maximum Gasteiger partial charge on any atom is 0.191 e. The Morgan fingerprint density at radius 2 is 1.88 bits per heavy atom. The number of hydrogen-bond acceptors (Lipinski definition) is 5. The molecule has 0 spiro atoms. The van der Waals surface area contributed by atoms with Gasteiger partial charge in [0.15, 0.2) is 11.1 Å². The molecule has 0 radical (unpaired) electrons. The minimum absolute atomic E-state index is 0. The van der Waals surface area contributed by atoms with Gasteiger partial charge in [-0.1, -0.05) is 12.1 Å². The van der Waals surface area contributed by atoms with E-state index in [0.717, 1.165) is 28.1 Å². The lowest BCUT2D eigenvalue weighted by molar-refractivity contribution is 0.414. The van der Waals surface area contributed by atoms with E-state index in [-0.39, 0.29) is 24.0 Å². The lowest BCUT2D eigenvalue weighted by Crippen LogP contribution is -2.36. The van der Waals surface area contributed by atoms with E-state index >= 15 is 0 Å². The van der Waals surface area contributed by atoms with Gasteiger partial charge in [0.2, 0.25) is 0 Å². The number of guanidine groups is 1. The number of aromatic nitrogens is 1. The van der Waals surface area contributed by atoms with Crippen molar-refractivity contribution < 1.29 is 4.74 Å². The summed E-state index contributed by atoms with van der Waals surface area (Å²) in [6.07, 6.45) is 0. The van der Waals surface area contributed by atoms with Crippen molar-refractivity contribution in [2.75, 3.05) is 33.2 Å². The van der Waals surface area contributed by atoms with Gasteiger partial charge < -0.3 is 20.3 Å². The van der Waals surface area contributed by atoms with E-state index in [1.54, 1.807) is 25.5 Å². The van der Waals surface area contributed by atoms with E-state index in [1.165, 1.54) is 0 Å². The number of nitrogens with zero attached hydrogens (tertiary/aromatic N) is 3. The third kappa shape index (κ3) is 6.16. The van der Waals surface area contributed by atoms with Gasteiger partial charge in [0, 0.05) is 33.1 Å². The maximum atomic E-state index is 5.16. The summed E-state index contributed by atoms with van der Waals surface area (Å²) >= 11 is 1.63. The predicted octanol–water partition coefficient (Wildman–Crippen LogP) is 2.70. The molecule has 1 heterocycles. The molecule has 1 aromatic heterocycles. The van der Waals surface area contributed by atoms with Gasteiger partial charge in [0.1, 0.15) is 5.75 Å². The number of aliphatic imine (C=N–C) groups is 1. The van der Waals surface area contributed by atoms with Crippen LogP contribution in [0.25, 0.3) is 0 Å². The highest BCUT2D eigenvalue weighted by molar-refractivity contribution is 14.0. The first-order valence-electron chi connectivity index (χ1n) is 7.31. The van der Waals surface area contributed by atoms with Crippen LogP contribution in [0.4, 0.5) is 5.13 Å². The molecule has 2 N–H and O–H groups in total. The number of rotatable bonds is 6. The molecule has 1 aromatic carbocycles. The summed E-state index contributed by atoms with van der Waals surface area (Å²) in [5.41, 5.74) is 2.17. The normalized spacial score (nSPS) is 10.8. The molecule has 0 atom stereocenters. The highest BCUT2D eigenvalue weighted by atomic mass is 127. The van der Waals surface area contributed by atoms with Crippen molar-refractivity contribution in [3.8, 4) is 5.75 Å². The number of nitrogens with one attached hydrogen (secondary N) is 2. The number of hydrogen-bond donors (Lipinski definition) is 2. The van der Waals surface area contributed by atoms with Crippen molar-refractivity contribution in [2.24, 2.45) is 4.99 Å². The molecular weight excluding hydrogens is 437 g/mol. The number of methoxy groups -OCH3 is 1. The summed E-state index contributed by atoms with van der Waals surface area (Å²) in [5, 5.41) is 9.61. The first-order valence-corrected chi connectivity index (χ1v) is 8.19. The Bertz CT molecular complexity index is 642. The van der Waals surface area contributed by atoms with Crippen molar-refractivity contribution in [1.29, 1.82) is 0 Å². The molecule has 2 rings (SSSR count). The van der Waals surface area contributed by atoms with E-state index in [9.17, 15) is 0 Å². The van der Waals surface area contributed by atoms with Gasteiger partial charge in [-0.25, -0.2) is 4.98 Å². The average molecular weight is 461 g/mol. The minimum atomic E-state index is 0. The van der Waals surface area contributed by atoms with Gasteiger partial charge in [-0.05, 0) is 17.7 Å². The lowest BCUT2D eigenvalue weighted by Gasteiger charge is -2.11. The first kappa shape index (κ1) is 20.5. The maximum absolute atomic E-state index is 5.16. The smallest absolute Gasteiger partial charge is 0.191 e. The van der Waals surface area contributed by atoms with Crippen molar-refractivity contribution in [3.05, 3.63) is 40.9 Å². The monoisotopic (exact) mass is 461 g/mol. The number of ether oxygens (including phenoxy) is 1. The molecular formula is C16H24IN5OS. The summed E-state index contributed by atoms with van der Waals surface area (Å²) in [5.74, 6) is 1.61. The number of anilines is 1. The molecule has 0 aliphatic carbocycles. The summed E-state index contributed by atoms with van der Waals surface area (Å²) in [6.45, 7) is 1.34. The lowest BCUT2D eigenvalue weighted by atomic mass is 10.2. The fraction of sp³-hybridized carbons (Fsp3) is 0.375.